The summed E-state index contributed by atoms with van der Waals surface area (Å²) in [4.78, 5) is 30.5. The van der Waals surface area contributed by atoms with Crippen LogP contribution in [0.2, 0.25) is 5.02 Å². The molecule has 0 spiro atoms. The smallest absolute Gasteiger partial charge is 0.416 e. The van der Waals surface area contributed by atoms with Gasteiger partial charge in [-0.05, 0) is 35.9 Å². The molecule has 0 amide bonds. The van der Waals surface area contributed by atoms with Gasteiger partial charge in [-0.1, -0.05) is 23.7 Å². The summed E-state index contributed by atoms with van der Waals surface area (Å²) in [7, 11) is 1.28. The van der Waals surface area contributed by atoms with Crippen LogP contribution in [0.5, 0.6) is 11.8 Å². The lowest BCUT2D eigenvalue weighted by Crippen LogP contribution is -2.40. The molecule has 220 valence electrons. The number of nitrogens with zero attached hydrogens (tertiary/aromatic N) is 4. The molecule has 0 atom stereocenters. The van der Waals surface area contributed by atoms with E-state index < -0.39 is 46.5 Å². The van der Waals surface area contributed by atoms with Crippen LogP contribution in [-0.4, -0.2) is 43.6 Å². The van der Waals surface area contributed by atoms with E-state index in [0.29, 0.717) is 22.7 Å². The first-order chi connectivity index (χ1) is 19.2. The second-order valence-electron chi connectivity index (χ2n) is 8.76. The van der Waals surface area contributed by atoms with Crippen molar-refractivity contribution in [3.05, 3.63) is 85.0 Å². The number of rotatable bonds is 9. The van der Waals surface area contributed by atoms with Gasteiger partial charge in [0.15, 0.2) is 11.2 Å². The predicted molar refractivity (Wildman–Crippen MR) is 134 cm³/mol. The highest BCUT2D eigenvalue weighted by molar-refractivity contribution is 6.30. The van der Waals surface area contributed by atoms with Crippen LogP contribution >= 0.6 is 11.6 Å². The van der Waals surface area contributed by atoms with Gasteiger partial charge in [0.05, 0.1) is 44.0 Å². The Morgan fingerprint density at radius 1 is 0.927 bits per heavy atom. The Hall–Kier alpha value is -3.82. The van der Waals surface area contributed by atoms with Crippen LogP contribution in [0.3, 0.4) is 0 Å². The van der Waals surface area contributed by atoms with Crippen LogP contribution in [-0.2, 0) is 37.2 Å². The van der Waals surface area contributed by atoms with E-state index in [1.165, 1.54) is 19.2 Å². The van der Waals surface area contributed by atoms with E-state index in [1.54, 1.807) is 12.1 Å². The number of aryl methyl sites for hydroxylation is 1. The third kappa shape index (κ3) is 6.57. The van der Waals surface area contributed by atoms with Crippen LogP contribution in [0.1, 0.15) is 16.7 Å². The highest BCUT2D eigenvalue weighted by Gasteiger charge is 2.37. The maximum absolute atomic E-state index is 13.5. The molecule has 0 unspecified atom stereocenters. The van der Waals surface area contributed by atoms with Gasteiger partial charge in [0.2, 0.25) is 0 Å². The molecule has 0 saturated heterocycles. The quantitative estimate of drug-likeness (QED) is 0.223. The molecule has 1 N–H and O–H groups in total. The van der Waals surface area contributed by atoms with Gasteiger partial charge in [0.1, 0.15) is 5.75 Å². The first-order valence-corrected chi connectivity index (χ1v) is 12.2. The highest BCUT2D eigenvalue weighted by Crippen LogP contribution is 2.39. The number of aromatic nitrogens is 4. The average Bonchev–Trinajstić information content (AvgIpc) is 3.25. The monoisotopic (exact) mass is 606 g/mol. The van der Waals surface area contributed by atoms with Crippen molar-refractivity contribution in [3.8, 4) is 11.8 Å². The van der Waals surface area contributed by atoms with Crippen LogP contribution < -0.4 is 16.0 Å². The van der Waals surface area contributed by atoms with E-state index in [2.05, 4.69) is 4.98 Å². The van der Waals surface area contributed by atoms with Crippen molar-refractivity contribution in [2.24, 2.45) is 7.05 Å². The first-order valence-electron chi connectivity index (χ1n) is 11.8. The number of aliphatic hydroxyl groups excluding tert-OH is 1. The molecule has 0 saturated carbocycles. The highest BCUT2D eigenvalue weighted by atomic mass is 35.5. The fraction of sp³-hybridized carbons (Fsp3) is 0.320. The fourth-order valence-electron chi connectivity index (χ4n) is 3.96. The van der Waals surface area contributed by atoms with Crippen molar-refractivity contribution in [3.63, 3.8) is 0 Å². The van der Waals surface area contributed by atoms with Gasteiger partial charge >= 0.3 is 24.1 Å². The number of imidazole rings is 1. The molecule has 0 bridgehead atoms. The molecule has 0 fully saturated rings. The molecule has 0 radical (unpaired) electrons. The second kappa shape index (κ2) is 11.6. The second-order valence-corrected chi connectivity index (χ2v) is 9.19. The lowest BCUT2D eigenvalue weighted by molar-refractivity contribution is -0.143. The van der Waals surface area contributed by atoms with Gasteiger partial charge in [-0.25, -0.2) is 4.79 Å². The van der Waals surface area contributed by atoms with Gasteiger partial charge in [0.25, 0.3) is 5.56 Å². The first kappa shape index (κ1) is 30.1. The van der Waals surface area contributed by atoms with E-state index in [1.807, 2.05) is 0 Å². The number of ether oxygens (including phenoxy) is 2. The Morgan fingerprint density at radius 3 is 2.10 bits per heavy atom. The SMILES string of the molecule is Cn1c(=O)n(CCOCCO)c(=O)c2c1nc(Oc1cc(C(F)(F)F)cc(C(F)(F)F)c1)n2Cc1ccc(Cl)cc1. The third-order valence-corrected chi connectivity index (χ3v) is 6.17. The number of benzene rings is 2. The number of hydrogen-bond acceptors (Lipinski definition) is 6. The molecule has 2 aromatic heterocycles. The summed E-state index contributed by atoms with van der Waals surface area (Å²) in [5.41, 5.74) is -4.80. The molecule has 2 heterocycles. The normalized spacial score (nSPS) is 12.3. The molecule has 2 aromatic carbocycles. The summed E-state index contributed by atoms with van der Waals surface area (Å²) < 4.78 is 94.1. The molecule has 41 heavy (non-hydrogen) atoms. The van der Waals surface area contributed by atoms with Crippen LogP contribution in [0.15, 0.2) is 52.1 Å². The number of halogens is 7. The predicted octanol–water partition coefficient (Wildman–Crippen LogP) is 4.44. The number of aliphatic hydroxyl groups is 1. The van der Waals surface area contributed by atoms with E-state index in [-0.39, 0.29) is 50.1 Å². The number of alkyl halides is 6. The molecular formula is C25H21ClF6N4O5. The largest absolute Gasteiger partial charge is 0.425 e. The zero-order valence-corrected chi connectivity index (χ0v) is 21.8. The zero-order valence-electron chi connectivity index (χ0n) is 21.1. The molecule has 0 aliphatic carbocycles. The molecular weight excluding hydrogens is 586 g/mol. The Balaban J connectivity index is 1.92. The van der Waals surface area contributed by atoms with Gasteiger partial charge in [0, 0.05) is 12.1 Å². The molecule has 4 aromatic rings. The maximum atomic E-state index is 13.5. The van der Waals surface area contributed by atoms with E-state index in [0.717, 1.165) is 13.7 Å². The van der Waals surface area contributed by atoms with Crippen molar-refractivity contribution in [2.45, 2.75) is 25.4 Å². The minimum absolute atomic E-state index is 0.0410. The van der Waals surface area contributed by atoms with Crippen molar-refractivity contribution >= 4 is 22.8 Å². The maximum Gasteiger partial charge on any atom is 0.416 e. The van der Waals surface area contributed by atoms with Crippen LogP contribution in [0.4, 0.5) is 26.3 Å². The summed E-state index contributed by atoms with van der Waals surface area (Å²) in [6.45, 7) is -0.831. The van der Waals surface area contributed by atoms with Crippen LogP contribution in [0.25, 0.3) is 11.2 Å². The Kier molecular flexibility index (Phi) is 8.52. The van der Waals surface area contributed by atoms with Gasteiger partial charge in [-0.2, -0.15) is 31.3 Å². The van der Waals surface area contributed by atoms with Crippen LogP contribution in [0, 0.1) is 0 Å². The average molecular weight is 607 g/mol. The standard InChI is InChI=1S/C25H21ClF6N4O5/c1-34-20-19(21(38)35(23(34)39)6-8-40-9-7-37)36(13-14-2-4-17(26)5-3-14)22(33-20)41-18-11-15(24(27,28)29)10-16(12-18)25(30,31)32/h2-5,10-12,37H,6-9,13H2,1H3. The van der Waals surface area contributed by atoms with E-state index in [4.69, 9.17) is 26.2 Å². The molecule has 16 heteroatoms. The Morgan fingerprint density at radius 2 is 1.54 bits per heavy atom. The lowest BCUT2D eigenvalue weighted by atomic mass is 10.1. The zero-order chi connectivity index (χ0) is 30.1. The topological polar surface area (TPSA) is 101 Å². The summed E-state index contributed by atoms with van der Waals surface area (Å²) >= 11 is 5.94. The lowest BCUT2D eigenvalue weighted by Gasteiger charge is -2.15. The Labute approximate surface area is 231 Å². The molecule has 0 aliphatic heterocycles. The Bertz CT molecular complexity index is 1640. The van der Waals surface area contributed by atoms with Crippen molar-refractivity contribution in [2.75, 3.05) is 19.8 Å². The summed E-state index contributed by atoms with van der Waals surface area (Å²) in [5, 5.41) is 9.27. The van der Waals surface area contributed by atoms with E-state index >= 15 is 0 Å². The summed E-state index contributed by atoms with van der Waals surface area (Å²) in [6.07, 6.45) is -10.3. The van der Waals surface area contributed by atoms with Gasteiger partial charge < -0.3 is 14.6 Å². The molecule has 4 rings (SSSR count). The molecule has 9 nitrogen and oxygen atoms in total. The summed E-state index contributed by atoms with van der Waals surface area (Å²) in [5.74, 6) is -0.845. The van der Waals surface area contributed by atoms with Gasteiger partial charge in [-0.3, -0.25) is 18.5 Å². The van der Waals surface area contributed by atoms with Gasteiger partial charge in [-0.15, -0.1) is 0 Å². The third-order valence-electron chi connectivity index (χ3n) is 5.92. The summed E-state index contributed by atoms with van der Waals surface area (Å²) in [6, 6.07) is 6.37. The number of fused-ring (bicyclic) bond motifs is 1. The fourth-order valence-corrected chi connectivity index (χ4v) is 4.08. The minimum Gasteiger partial charge on any atom is -0.425 e. The minimum atomic E-state index is -5.13. The van der Waals surface area contributed by atoms with Crippen molar-refractivity contribution in [1.82, 2.24) is 18.7 Å². The van der Waals surface area contributed by atoms with Crippen molar-refractivity contribution < 1.29 is 40.9 Å². The molecule has 0 aliphatic rings. The number of hydrogen-bond donors (Lipinski definition) is 1. The van der Waals surface area contributed by atoms with E-state index in [9.17, 15) is 35.9 Å². The van der Waals surface area contributed by atoms with Crippen molar-refractivity contribution in [1.29, 1.82) is 0 Å².